The van der Waals surface area contributed by atoms with E-state index in [9.17, 15) is 0 Å². The third kappa shape index (κ3) is 2.20. The Bertz CT molecular complexity index is 1310. The predicted molar refractivity (Wildman–Crippen MR) is 118 cm³/mol. The lowest BCUT2D eigenvalue weighted by molar-refractivity contribution is 0.829. The number of aryl methyl sites for hydroxylation is 1. The first-order chi connectivity index (χ1) is 13.8. The summed E-state index contributed by atoms with van der Waals surface area (Å²) >= 11 is 0. The third-order valence-corrected chi connectivity index (χ3v) is 6.38. The molecule has 0 spiro atoms. The Kier molecular flexibility index (Phi) is 3.28. The second kappa shape index (κ2) is 5.84. The fraction of sp³-hybridized carbons (Fsp3) is 0.111. The standard InChI is InChI=1S/C27H21N/c1-17-13-19-14-18-7-6-12-28-27(18)16-25(19)24(17)15-26-22-10-4-2-8-20(22)21-9-3-5-11-23(21)26/h2-14,16,26,28H,15H2,1H3. The van der Waals surface area contributed by atoms with Gasteiger partial charge < -0.3 is 4.98 Å². The summed E-state index contributed by atoms with van der Waals surface area (Å²) in [4.78, 5) is 3.40. The van der Waals surface area contributed by atoms with Gasteiger partial charge in [0, 0.05) is 17.6 Å². The van der Waals surface area contributed by atoms with Crippen molar-refractivity contribution in [1.29, 1.82) is 0 Å². The van der Waals surface area contributed by atoms with Crippen molar-refractivity contribution in [3.8, 4) is 11.1 Å². The van der Waals surface area contributed by atoms with E-state index in [-0.39, 0.29) is 0 Å². The molecule has 0 radical (unpaired) electrons. The van der Waals surface area contributed by atoms with Crippen molar-refractivity contribution in [2.45, 2.75) is 19.3 Å². The van der Waals surface area contributed by atoms with Crippen LogP contribution >= 0.6 is 0 Å². The number of nitrogens with one attached hydrogen (secondary N) is 1. The molecule has 28 heavy (non-hydrogen) atoms. The highest BCUT2D eigenvalue weighted by Crippen LogP contribution is 2.47. The largest absolute Gasteiger partial charge is 0.361 e. The van der Waals surface area contributed by atoms with Crippen molar-refractivity contribution < 1.29 is 0 Å². The van der Waals surface area contributed by atoms with Crippen molar-refractivity contribution in [3.63, 3.8) is 0 Å². The number of benzene rings is 3. The van der Waals surface area contributed by atoms with Crippen LogP contribution in [-0.4, -0.2) is 4.98 Å². The smallest absolute Gasteiger partial charge is 0.0459 e. The van der Waals surface area contributed by atoms with Gasteiger partial charge in [0.2, 0.25) is 0 Å². The second-order valence-electron chi connectivity index (χ2n) is 7.93. The maximum Gasteiger partial charge on any atom is 0.0459 e. The molecule has 4 aromatic carbocycles. The molecule has 0 saturated heterocycles. The van der Waals surface area contributed by atoms with Crippen LogP contribution in [0.15, 0.2) is 85.1 Å². The number of fused-ring (bicyclic) bond motifs is 5. The molecule has 1 aliphatic carbocycles. The Morgan fingerprint density at radius 2 is 1.46 bits per heavy atom. The molecule has 1 N–H and O–H groups in total. The van der Waals surface area contributed by atoms with E-state index in [4.69, 9.17) is 0 Å². The van der Waals surface area contributed by atoms with Gasteiger partial charge in [-0.2, -0.15) is 0 Å². The number of H-pyrrole nitrogens is 1. The molecular weight excluding hydrogens is 338 g/mol. The summed E-state index contributed by atoms with van der Waals surface area (Å²) in [7, 11) is 0. The van der Waals surface area contributed by atoms with Gasteiger partial charge in [0.1, 0.15) is 0 Å². The van der Waals surface area contributed by atoms with Crippen LogP contribution in [0.25, 0.3) is 32.8 Å². The monoisotopic (exact) mass is 359 g/mol. The normalized spacial score (nSPS) is 13.2. The molecule has 1 heterocycles. The number of aromatic nitrogens is 1. The van der Waals surface area contributed by atoms with Crippen LogP contribution < -0.4 is 0 Å². The highest BCUT2D eigenvalue weighted by atomic mass is 14.6. The lowest BCUT2D eigenvalue weighted by Crippen LogP contribution is -2.02. The highest BCUT2D eigenvalue weighted by molar-refractivity contribution is 6.00. The molecule has 1 aromatic heterocycles. The molecule has 134 valence electrons. The Balaban J connectivity index is 1.54. The zero-order valence-electron chi connectivity index (χ0n) is 15.9. The zero-order chi connectivity index (χ0) is 18.7. The van der Waals surface area contributed by atoms with E-state index in [2.05, 4.69) is 90.8 Å². The van der Waals surface area contributed by atoms with Gasteiger partial charge in [0.15, 0.2) is 0 Å². The molecule has 1 aliphatic rings. The average Bonchev–Trinajstić information content (AvgIpc) is 3.21. The maximum atomic E-state index is 3.40. The number of hydrogen-bond acceptors (Lipinski definition) is 0. The topological polar surface area (TPSA) is 15.8 Å². The van der Waals surface area contributed by atoms with Gasteiger partial charge in [-0.25, -0.2) is 0 Å². The summed E-state index contributed by atoms with van der Waals surface area (Å²) < 4.78 is 0. The first-order valence-electron chi connectivity index (χ1n) is 9.97. The Morgan fingerprint density at radius 3 is 2.21 bits per heavy atom. The van der Waals surface area contributed by atoms with Gasteiger partial charge in [-0.3, -0.25) is 0 Å². The number of pyridine rings is 1. The Labute approximate surface area is 164 Å². The molecule has 1 heteroatoms. The lowest BCUT2D eigenvalue weighted by atomic mass is 9.89. The van der Waals surface area contributed by atoms with Crippen LogP contribution in [0.4, 0.5) is 0 Å². The van der Waals surface area contributed by atoms with Gasteiger partial charge in [-0.05, 0) is 81.1 Å². The minimum Gasteiger partial charge on any atom is -0.361 e. The fourth-order valence-corrected chi connectivity index (χ4v) is 5.05. The molecule has 5 aromatic rings. The second-order valence-corrected chi connectivity index (χ2v) is 7.93. The van der Waals surface area contributed by atoms with E-state index in [1.807, 2.05) is 6.20 Å². The first kappa shape index (κ1) is 15.7. The van der Waals surface area contributed by atoms with Gasteiger partial charge in [0.05, 0.1) is 0 Å². The highest BCUT2D eigenvalue weighted by Gasteiger charge is 2.29. The van der Waals surface area contributed by atoms with Crippen LogP contribution in [0.5, 0.6) is 0 Å². The van der Waals surface area contributed by atoms with Gasteiger partial charge >= 0.3 is 0 Å². The van der Waals surface area contributed by atoms with Crippen LogP contribution in [0.2, 0.25) is 0 Å². The van der Waals surface area contributed by atoms with Crippen molar-refractivity contribution in [2.75, 3.05) is 0 Å². The first-order valence-corrected chi connectivity index (χ1v) is 9.97. The SMILES string of the molecule is Cc1cc2cc3ccc[nH]c3cc2c1CC1c2ccccc2-c2ccccc21. The molecule has 0 aliphatic heterocycles. The summed E-state index contributed by atoms with van der Waals surface area (Å²) in [6.45, 7) is 2.26. The Hall–Kier alpha value is -3.32. The molecule has 0 amide bonds. The van der Waals surface area contributed by atoms with Crippen molar-refractivity contribution in [2.24, 2.45) is 0 Å². The molecule has 0 bridgehead atoms. The summed E-state index contributed by atoms with van der Waals surface area (Å²) in [6.07, 6.45) is 3.05. The van der Waals surface area contributed by atoms with Crippen LogP contribution in [0.3, 0.4) is 0 Å². The summed E-state index contributed by atoms with van der Waals surface area (Å²) in [6, 6.07) is 29.1. The third-order valence-electron chi connectivity index (χ3n) is 6.38. The quantitative estimate of drug-likeness (QED) is 0.350. The molecule has 0 saturated carbocycles. The van der Waals surface area contributed by atoms with Crippen LogP contribution in [-0.2, 0) is 6.42 Å². The summed E-state index contributed by atoms with van der Waals surface area (Å²) in [5.41, 5.74) is 9.80. The number of rotatable bonds is 2. The van der Waals surface area contributed by atoms with Gasteiger partial charge in [0.25, 0.3) is 0 Å². The van der Waals surface area contributed by atoms with E-state index >= 15 is 0 Å². The number of hydrogen-bond donors (Lipinski definition) is 1. The number of aromatic amines is 1. The molecule has 0 fully saturated rings. The summed E-state index contributed by atoms with van der Waals surface area (Å²) in [5.74, 6) is 0.423. The Morgan fingerprint density at radius 1 is 0.750 bits per heavy atom. The minimum absolute atomic E-state index is 0.423. The van der Waals surface area contributed by atoms with Gasteiger partial charge in [-0.1, -0.05) is 60.7 Å². The zero-order valence-corrected chi connectivity index (χ0v) is 15.9. The lowest BCUT2D eigenvalue weighted by Gasteiger charge is -2.15. The van der Waals surface area contributed by atoms with Crippen molar-refractivity contribution in [1.82, 2.24) is 4.98 Å². The van der Waals surface area contributed by atoms with E-state index in [0.29, 0.717) is 5.92 Å². The predicted octanol–water partition coefficient (Wildman–Crippen LogP) is 6.98. The molecular formula is C27H21N. The van der Waals surface area contributed by atoms with E-state index in [1.165, 1.54) is 55.1 Å². The molecule has 6 rings (SSSR count). The summed E-state index contributed by atoms with van der Waals surface area (Å²) in [5, 5.41) is 4.00. The van der Waals surface area contributed by atoms with Crippen LogP contribution in [0.1, 0.15) is 28.2 Å². The molecule has 0 unspecified atom stereocenters. The van der Waals surface area contributed by atoms with E-state index in [1.54, 1.807) is 0 Å². The van der Waals surface area contributed by atoms with Gasteiger partial charge in [-0.15, -0.1) is 0 Å². The van der Waals surface area contributed by atoms with Crippen molar-refractivity contribution in [3.05, 3.63) is 107 Å². The molecule has 0 atom stereocenters. The average molecular weight is 359 g/mol. The minimum atomic E-state index is 0.423. The van der Waals surface area contributed by atoms with Crippen LogP contribution in [0, 0.1) is 6.92 Å². The maximum absolute atomic E-state index is 3.40. The van der Waals surface area contributed by atoms with E-state index < -0.39 is 0 Å². The van der Waals surface area contributed by atoms with Crippen molar-refractivity contribution >= 4 is 21.7 Å². The molecule has 1 nitrogen and oxygen atoms in total. The fourth-order valence-electron chi connectivity index (χ4n) is 5.05. The van der Waals surface area contributed by atoms with E-state index in [0.717, 1.165) is 6.42 Å².